The van der Waals surface area contributed by atoms with Crippen LogP contribution in [0.25, 0.3) is 0 Å². The predicted molar refractivity (Wildman–Crippen MR) is 116 cm³/mol. The fraction of sp³-hybridized carbons (Fsp3) is 0.130. The molecule has 1 aliphatic rings. The molecule has 0 bridgehead atoms. The second-order valence-electron chi connectivity index (χ2n) is 6.80. The molecule has 5 nitrogen and oxygen atoms in total. The minimum absolute atomic E-state index is 0.0783. The van der Waals surface area contributed by atoms with Crippen LogP contribution in [0.4, 0.5) is 5.69 Å². The first kappa shape index (κ1) is 19.1. The fourth-order valence-electron chi connectivity index (χ4n) is 3.35. The number of carbonyl (C=O) groups is 1. The molecule has 1 aliphatic heterocycles. The highest BCUT2D eigenvalue weighted by atomic mass is 32.2. The zero-order valence-corrected chi connectivity index (χ0v) is 16.8. The quantitative estimate of drug-likeness (QED) is 0.681. The number of carbonyl (C=O) groups excluding carboxylic acids is 1. The van der Waals surface area contributed by atoms with Gasteiger partial charge in [-0.2, -0.15) is 5.10 Å². The fourth-order valence-corrected chi connectivity index (χ4v) is 4.22. The van der Waals surface area contributed by atoms with Gasteiger partial charge in [0.1, 0.15) is 11.0 Å². The second kappa shape index (κ2) is 8.41. The molecule has 146 valence electrons. The molecular weight excluding hydrogens is 382 g/mol. The summed E-state index contributed by atoms with van der Waals surface area (Å²) in [6, 6.07) is 26.8. The van der Waals surface area contributed by atoms with Crippen LogP contribution in [0.3, 0.4) is 0 Å². The van der Waals surface area contributed by atoms with E-state index in [1.807, 2.05) is 84.9 Å². The molecule has 3 aromatic carbocycles. The van der Waals surface area contributed by atoms with Crippen LogP contribution in [-0.4, -0.2) is 20.8 Å². The first-order valence-electron chi connectivity index (χ1n) is 9.38. The maximum atomic E-state index is 12.4. The van der Waals surface area contributed by atoms with E-state index in [2.05, 4.69) is 9.82 Å². The molecule has 1 N–H and O–H groups in total. The summed E-state index contributed by atoms with van der Waals surface area (Å²) in [5.41, 5.74) is 3.64. The highest BCUT2D eigenvalue weighted by Crippen LogP contribution is 2.32. The van der Waals surface area contributed by atoms with Crippen LogP contribution in [0.5, 0.6) is 0 Å². The predicted octanol–water partition coefficient (Wildman–Crippen LogP) is 4.52. The summed E-state index contributed by atoms with van der Waals surface area (Å²) >= 11 is 0. The Morgan fingerprint density at radius 1 is 0.966 bits per heavy atom. The Balaban J connectivity index is 1.51. The lowest BCUT2D eigenvalue weighted by molar-refractivity contribution is -0.130. The summed E-state index contributed by atoms with van der Waals surface area (Å²) in [4.78, 5) is 12.8. The molecule has 1 amide bonds. The van der Waals surface area contributed by atoms with Crippen LogP contribution in [0.1, 0.15) is 30.5 Å². The largest absolute Gasteiger partial charge is 0.301 e. The van der Waals surface area contributed by atoms with Crippen molar-refractivity contribution in [2.24, 2.45) is 5.10 Å². The third-order valence-corrected chi connectivity index (χ3v) is 5.92. The zero-order valence-electron chi connectivity index (χ0n) is 16.0. The van der Waals surface area contributed by atoms with Gasteiger partial charge in [-0.25, -0.2) is 9.22 Å². The van der Waals surface area contributed by atoms with Crippen LogP contribution in [0.2, 0.25) is 0 Å². The Morgan fingerprint density at radius 2 is 1.59 bits per heavy atom. The van der Waals surface area contributed by atoms with E-state index in [-0.39, 0.29) is 11.9 Å². The SMILES string of the molecule is CC(=O)N1N=C(c2ccc(NS(=O)c3ccccc3)cc2)CC1c1ccccc1. The van der Waals surface area contributed by atoms with Gasteiger partial charge in [-0.1, -0.05) is 60.7 Å². The molecule has 0 saturated carbocycles. The highest BCUT2D eigenvalue weighted by molar-refractivity contribution is 7.86. The molecule has 29 heavy (non-hydrogen) atoms. The Labute approximate surface area is 172 Å². The molecule has 0 saturated heterocycles. The van der Waals surface area contributed by atoms with E-state index >= 15 is 0 Å². The lowest BCUT2D eigenvalue weighted by Crippen LogP contribution is -2.24. The van der Waals surface area contributed by atoms with Gasteiger partial charge < -0.3 is 4.72 Å². The van der Waals surface area contributed by atoms with Crippen molar-refractivity contribution >= 4 is 28.3 Å². The van der Waals surface area contributed by atoms with Crippen LogP contribution < -0.4 is 4.72 Å². The number of hydrogen-bond acceptors (Lipinski definition) is 3. The van der Waals surface area contributed by atoms with Gasteiger partial charge >= 0.3 is 0 Å². The van der Waals surface area contributed by atoms with E-state index < -0.39 is 11.0 Å². The van der Waals surface area contributed by atoms with E-state index in [4.69, 9.17) is 0 Å². The highest BCUT2D eigenvalue weighted by Gasteiger charge is 2.31. The lowest BCUT2D eigenvalue weighted by atomic mass is 9.98. The summed E-state index contributed by atoms with van der Waals surface area (Å²) in [6.07, 6.45) is 0.659. The maximum Gasteiger partial charge on any atom is 0.240 e. The van der Waals surface area contributed by atoms with Gasteiger partial charge in [-0.05, 0) is 35.4 Å². The first-order chi connectivity index (χ1) is 14.1. The van der Waals surface area contributed by atoms with Gasteiger partial charge in [-0.3, -0.25) is 4.79 Å². The van der Waals surface area contributed by atoms with Gasteiger partial charge in [-0.15, -0.1) is 0 Å². The molecule has 1 heterocycles. The second-order valence-corrected chi connectivity index (χ2v) is 8.02. The monoisotopic (exact) mass is 403 g/mol. The van der Waals surface area contributed by atoms with Crippen molar-refractivity contribution in [3.8, 4) is 0 Å². The van der Waals surface area contributed by atoms with E-state index in [0.717, 1.165) is 27.4 Å². The van der Waals surface area contributed by atoms with Crippen LogP contribution in [0, 0.1) is 0 Å². The number of nitrogens with zero attached hydrogens (tertiary/aromatic N) is 2. The number of anilines is 1. The Kier molecular flexibility index (Phi) is 5.53. The number of benzene rings is 3. The van der Waals surface area contributed by atoms with Crippen molar-refractivity contribution in [3.05, 3.63) is 96.1 Å². The van der Waals surface area contributed by atoms with E-state index in [9.17, 15) is 9.00 Å². The molecule has 0 aliphatic carbocycles. The summed E-state index contributed by atoms with van der Waals surface area (Å²) < 4.78 is 15.4. The number of nitrogens with one attached hydrogen (secondary N) is 1. The van der Waals surface area contributed by atoms with Crippen molar-refractivity contribution in [1.82, 2.24) is 5.01 Å². The van der Waals surface area contributed by atoms with E-state index in [1.54, 1.807) is 5.01 Å². The number of hydrogen-bond donors (Lipinski definition) is 1. The van der Waals surface area contributed by atoms with Crippen molar-refractivity contribution in [3.63, 3.8) is 0 Å². The van der Waals surface area contributed by atoms with Crippen molar-refractivity contribution in [1.29, 1.82) is 0 Å². The van der Waals surface area contributed by atoms with Gasteiger partial charge in [0.25, 0.3) is 0 Å². The zero-order chi connectivity index (χ0) is 20.2. The molecule has 0 aromatic heterocycles. The van der Waals surface area contributed by atoms with Gasteiger partial charge in [0.2, 0.25) is 5.91 Å². The Morgan fingerprint density at radius 3 is 2.21 bits per heavy atom. The van der Waals surface area contributed by atoms with Crippen LogP contribution in [-0.2, 0) is 15.8 Å². The molecule has 2 atom stereocenters. The van der Waals surface area contributed by atoms with Crippen LogP contribution >= 0.6 is 0 Å². The standard InChI is InChI=1S/C23H21N3O2S/c1-17(27)26-23(19-8-4-2-5-9-19)16-22(24-26)18-12-14-20(15-13-18)25-29(28)21-10-6-3-7-11-21/h2-15,23,25H,16H2,1H3. The molecule has 3 aromatic rings. The van der Waals surface area contributed by atoms with Gasteiger partial charge in [0, 0.05) is 19.0 Å². The molecule has 0 spiro atoms. The minimum Gasteiger partial charge on any atom is -0.301 e. The normalized spacial score (nSPS) is 16.9. The number of hydrazone groups is 1. The Hall–Kier alpha value is -3.25. The smallest absolute Gasteiger partial charge is 0.240 e. The number of amides is 1. The van der Waals surface area contributed by atoms with Gasteiger partial charge in [0.15, 0.2) is 0 Å². The molecule has 4 rings (SSSR count). The molecule has 2 unspecified atom stereocenters. The summed E-state index contributed by atoms with van der Waals surface area (Å²) in [5, 5.41) is 6.13. The molecule has 0 fully saturated rings. The van der Waals surface area contributed by atoms with E-state index in [0.29, 0.717) is 6.42 Å². The minimum atomic E-state index is -1.32. The van der Waals surface area contributed by atoms with E-state index in [1.165, 1.54) is 6.92 Å². The topological polar surface area (TPSA) is 61.8 Å². The third-order valence-electron chi connectivity index (χ3n) is 4.80. The molecular formula is C23H21N3O2S. The first-order valence-corrected chi connectivity index (χ1v) is 10.5. The Bertz CT molecular complexity index is 1050. The van der Waals surface area contributed by atoms with Crippen molar-refractivity contribution in [2.45, 2.75) is 24.3 Å². The third kappa shape index (κ3) is 4.27. The average Bonchev–Trinajstić information content (AvgIpc) is 3.21. The molecule has 6 heteroatoms. The maximum absolute atomic E-state index is 12.4. The van der Waals surface area contributed by atoms with Crippen molar-refractivity contribution < 1.29 is 9.00 Å². The number of rotatable bonds is 5. The van der Waals surface area contributed by atoms with Crippen LogP contribution in [0.15, 0.2) is 94.9 Å². The van der Waals surface area contributed by atoms with Gasteiger partial charge in [0.05, 0.1) is 16.6 Å². The summed E-state index contributed by atoms with van der Waals surface area (Å²) in [7, 11) is -1.32. The lowest BCUT2D eigenvalue weighted by Gasteiger charge is -2.20. The average molecular weight is 404 g/mol. The molecule has 0 radical (unpaired) electrons. The summed E-state index contributed by atoms with van der Waals surface area (Å²) in [5.74, 6) is -0.0783. The summed E-state index contributed by atoms with van der Waals surface area (Å²) in [6.45, 7) is 1.54. The van der Waals surface area contributed by atoms with Crippen molar-refractivity contribution in [2.75, 3.05) is 4.72 Å².